The minimum absolute atomic E-state index is 0.0518. The number of aldehydes is 1. The molecule has 0 radical (unpaired) electrons. The van der Waals surface area contributed by atoms with E-state index in [1.54, 1.807) is 18.2 Å². The number of aliphatic hydroxyl groups excluding tert-OH is 1. The summed E-state index contributed by atoms with van der Waals surface area (Å²) in [5.41, 5.74) is 0.238. The number of para-hydroxylation sites is 1. The fourth-order valence-electron chi connectivity index (χ4n) is 1.03. The van der Waals surface area contributed by atoms with Crippen molar-refractivity contribution in [2.24, 2.45) is 5.41 Å². The highest BCUT2D eigenvalue weighted by Gasteiger charge is 2.17. The van der Waals surface area contributed by atoms with Gasteiger partial charge in [0.2, 0.25) is 0 Å². The van der Waals surface area contributed by atoms with Gasteiger partial charge in [-0.3, -0.25) is 4.79 Å². The summed E-state index contributed by atoms with van der Waals surface area (Å²) in [6.07, 6.45) is 0.765. The molecule has 0 heterocycles. The molecule has 0 fully saturated rings. The van der Waals surface area contributed by atoms with E-state index in [4.69, 9.17) is 9.84 Å². The van der Waals surface area contributed by atoms with E-state index in [2.05, 4.69) is 0 Å². The highest BCUT2D eigenvalue weighted by Crippen LogP contribution is 2.20. The van der Waals surface area contributed by atoms with Crippen LogP contribution in [-0.2, 0) is 0 Å². The molecule has 3 nitrogen and oxygen atoms in total. The van der Waals surface area contributed by atoms with Crippen LogP contribution in [0.1, 0.15) is 24.2 Å². The molecule has 1 N–H and O–H groups in total. The van der Waals surface area contributed by atoms with Crippen molar-refractivity contribution in [1.29, 1.82) is 0 Å². The third kappa shape index (κ3) is 3.36. The Morgan fingerprint density at radius 3 is 2.67 bits per heavy atom. The summed E-state index contributed by atoms with van der Waals surface area (Å²) in [5, 5.41) is 9.05. The fraction of sp³-hybridized carbons (Fsp3) is 0.417. The number of benzene rings is 1. The van der Waals surface area contributed by atoms with Crippen molar-refractivity contribution in [2.75, 3.05) is 13.2 Å². The number of carbonyl (C=O) groups excluding carboxylic acids is 1. The third-order valence-corrected chi connectivity index (χ3v) is 2.09. The Bertz CT molecular complexity index is 331. The summed E-state index contributed by atoms with van der Waals surface area (Å²) in [6.45, 7) is 4.23. The van der Waals surface area contributed by atoms with Crippen molar-refractivity contribution in [1.82, 2.24) is 0 Å². The molecule has 0 aliphatic rings. The standard InChI is InChI=1S/C12H16O3/c1-12(2,8-14)9-15-11-6-4-3-5-10(11)7-13/h3-7,14H,8-9H2,1-2H3. The van der Waals surface area contributed by atoms with Gasteiger partial charge in [-0.05, 0) is 12.1 Å². The topological polar surface area (TPSA) is 46.5 Å². The summed E-state index contributed by atoms with van der Waals surface area (Å²) in [4.78, 5) is 10.7. The summed E-state index contributed by atoms with van der Waals surface area (Å²) in [7, 11) is 0. The molecule has 0 unspecified atom stereocenters. The fourth-order valence-corrected chi connectivity index (χ4v) is 1.03. The van der Waals surface area contributed by atoms with Gasteiger partial charge < -0.3 is 9.84 Å². The van der Waals surface area contributed by atoms with Crippen LogP contribution in [0.3, 0.4) is 0 Å². The van der Waals surface area contributed by atoms with Crippen LogP contribution in [0.25, 0.3) is 0 Å². The Kier molecular flexibility index (Phi) is 3.86. The lowest BCUT2D eigenvalue weighted by molar-refractivity contribution is 0.0960. The van der Waals surface area contributed by atoms with Crippen molar-refractivity contribution in [3.63, 3.8) is 0 Å². The highest BCUT2D eigenvalue weighted by atomic mass is 16.5. The number of aliphatic hydroxyl groups is 1. The van der Waals surface area contributed by atoms with Crippen molar-refractivity contribution < 1.29 is 14.6 Å². The maximum atomic E-state index is 10.7. The van der Waals surface area contributed by atoms with Gasteiger partial charge in [-0.1, -0.05) is 26.0 Å². The Hall–Kier alpha value is -1.35. The first-order valence-corrected chi connectivity index (χ1v) is 4.87. The first-order valence-electron chi connectivity index (χ1n) is 4.87. The summed E-state index contributed by atoms with van der Waals surface area (Å²) in [5.74, 6) is 0.564. The Balaban J connectivity index is 2.69. The normalized spacial score (nSPS) is 11.1. The van der Waals surface area contributed by atoms with Crippen LogP contribution in [0.15, 0.2) is 24.3 Å². The predicted octanol–water partition coefficient (Wildman–Crippen LogP) is 1.90. The van der Waals surface area contributed by atoms with Crippen LogP contribution in [0.2, 0.25) is 0 Å². The maximum Gasteiger partial charge on any atom is 0.153 e. The molecule has 0 spiro atoms. The molecule has 1 rings (SSSR count). The second-order valence-corrected chi connectivity index (χ2v) is 4.27. The van der Waals surface area contributed by atoms with Gasteiger partial charge in [0.05, 0.1) is 18.8 Å². The molecule has 0 atom stereocenters. The second kappa shape index (κ2) is 4.94. The Morgan fingerprint density at radius 2 is 2.07 bits per heavy atom. The van der Waals surface area contributed by atoms with E-state index in [1.807, 2.05) is 19.9 Å². The number of hydrogen-bond donors (Lipinski definition) is 1. The molecule has 1 aromatic carbocycles. The molecule has 0 aliphatic heterocycles. The van der Waals surface area contributed by atoms with E-state index in [9.17, 15) is 4.79 Å². The smallest absolute Gasteiger partial charge is 0.153 e. The number of rotatable bonds is 5. The predicted molar refractivity (Wildman–Crippen MR) is 58.2 cm³/mol. The molecule has 0 aliphatic carbocycles. The molecular weight excluding hydrogens is 192 g/mol. The summed E-state index contributed by atoms with van der Waals surface area (Å²) >= 11 is 0. The van der Waals surface area contributed by atoms with Crippen LogP contribution in [0, 0.1) is 5.41 Å². The highest BCUT2D eigenvalue weighted by molar-refractivity contribution is 5.79. The van der Waals surface area contributed by atoms with Gasteiger partial charge in [0.1, 0.15) is 5.75 Å². The minimum atomic E-state index is -0.296. The van der Waals surface area contributed by atoms with E-state index < -0.39 is 0 Å². The lowest BCUT2D eigenvalue weighted by atomic mass is 9.96. The van der Waals surface area contributed by atoms with Crippen molar-refractivity contribution in [2.45, 2.75) is 13.8 Å². The molecule has 0 saturated carbocycles. The molecule has 0 bridgehead atoms. The molecule has 0 amide bonds. The molecule has 82 valence electrons. The largest absolute Gasteiger partial charge is 0.492 e. The van der Waals surface area contributed by atoms with Gasteiger partial charge in [-0.15, -0.1) is 0 Å². The number of ether oxygens (including phenoxy) is 1. The molecule has 1 aromatic rings. The van der Waals surface area contributed by atoms with Crippen LogP contribution in [0.4, 0.5) is 0 Å². The van der Waals surface area contributed by atoms with Crippen LogP contribution in [0.5, 0.6) is 5.75 Å². The van der Waals surface area contributed by atoms with Gasteiger partial charge in [0, 0.05) is 5.41 Å². The Labute approximate surface area is 89.7 Å². The maximum absolute atomic E-state index is 10.7. The summed E-state index contributed by atoms with van der Waals surface area (Å²) < 4.78 is 5.49. The van der Waals surface area contributed by atoms with Crippen LogP contribution < -0.4 is 4.74 Å². The molecule has 3 heteroatoms. The van der Waals surface area contributed by atoms with E-state index in [0.717, 1.165) is 6.29 Å². The molecular formula is C12H16O3. The van der Waals surface area contributed by atoms with Gasteiger partial charge >= 0.3 is 0 Å². The van der Waals surface area contributed by atoms with E-state index in [0.29, 0.717) is 17.9 Å². The third-order valence-electron chi connectivity index (χ3n) is 2.09. The average molecular weight is 208 g/mol. The second-order valence-electron chi connectivity index (χ2n) is 4.27. The lowest BCUT2D eigenvalue weighted by Crippen LogP contribution is -2.25. The first-order chi connectivity index (χ1) is 7.09. The Morgan fingerprint density at radius 1 is 1.40 bits per heavy atom. The van der Waals surface area contributed by atoms with Crippen LogP contribution in [-0.4, -0.2) is 24.6 Å². The molecule has 0 saturated heterocycles. The zero-order valence-electron chi connectivity index (χ0n) is 9.06. The zero-order valence-corrected chi connectivity index (χ0v) is 9.06. The van der Waals surface area contributed by atoms with Crippen molar-refractivity contribution in [3.05, 3.63) is 29.8 Å². The SMILES string of the molecule is CC(C)(CO)COc1ccccc1C=O. The summed E-state index contributed by atoms with van der Waals surface area (Å²) in [6, 6.07) is 7.05. The van der Waals surface area contributed by atoms with Gasteiger partial charge in [-0.2, -0.15) is 0 Å². The minimum Gasteiger partial charge on any atom is -0.492 e. The molecule has 0 aromatic heterocycles. The van der Waals surface area contributed by atoms with E-state index >= 15 is 0 Å². The van der Waals surface area contributed by atoms with Gasteiger partial charge in [0.25, 0.3) is 0 Å². The number of hydrogen-bond acceptors (Lipinski definition) is 3. The molecule has 15 heavy (non-hydrogen) atoms. The average Bonchev–Trinajstić information content (AvgIpc) is 2.27. The quantitative estimate of drug-likeness (QED) is 0.752. The number of carbonyl (C=O) groups is 1. The van der Waals surface area contributed by atoms with Gasteiger partial charge in [-0.25, -0.2) is 0 Å². The monoisotopic (exact) mass is 208 g/mol. The van der Waals surface area contributed by atoms with Crippen LogP contribution >= 0.6 is 0 Å². The van der Waals surface area contributed by atoms with Crippen molar-refractivity contribution in [3.8, 4) is 5.75 Å². The van der Waals surface area contributed by atoms with E-state index in [-0.39, 0.29) is 12.0 Å². The lowest BCUT2D eigenvalue weighted by Gasteiger charge is -2.22. The van der Waals surface area contributed by atoms with E-state index in [1.165, 1.54) is 0 Å². The first kappa shape index (κ1) is 11.7. The van der Waals surface area contributed by atoms with Gasteiger partial charge in [0.15, 0.2) is 6.29 Å². The van der Waals surface area contributed by atoms with Crippen molar-refractivity contribution >= 4 is 6.29 Å². The zero-order chi connectivity index (χ0) is 11.3.